The zero-order valence-electron chi connectivity index (χ0n) is 13.1. The molecule has 0 unspecified atom stereocenters. The summed E-state index contributed by atoms with van der Waals surface area (Å²) in [6.07, 6.45) is 3.70. The average Bonchev–Trinajstić information content (AvgIpc) is 2.54. The van der Waals surface area contributed by atoms with Crippen molar-refractivity contribution in [3.63, 3.8) is 0 Å². The third-order valence-corrected chi connectivity index (χ3v) is 5.36. The zero-order chi connectivity index (χ0) is 15.9. The summed E-state index contributed by atoms with van der Waals surface area (Å²) in [7, 11) is 0. The summed E-state index contributed by atoms with van der Waals surface area (Å²) in [6, 6.07) is 20.7. The molecular weight excluding hydrogens is 282 g/mol. The van der Waals surface area contributed by atoms with Crippen LogP contribution in [0.1, 0.15) is 24.8 Å². The molecule has 4 rings (SSSR count). The molecule has 23 heavy (non-hydrogen) atoms. The lowest BCUT2D eigenvalue weighted by Gasteiger charge is -2.41. The molecule has 0 atom stereocenters. The fourth-order valence-corrected chi connectivity index (χ4v) is 3.64. The Morgan fingerprint density at radius 1 is 0.826 bits per heavy atom. The molecule has 0 amide bonds. The molecule has 3 N–H and O–H groups in total. The predicted molar refractivity (Wildman–Crippen MR) is 95.6 cm³/mol. The van der Waals surface area contributed by atoms with E-state index in [-0.39, 0.29) is 5.41 Å². The van der Waals surface area contributed by atoms with Gasteiger partial charge in [-0.3, -0.25) is 0 Å². The molecule has 116 valence electrons. The second-order valence-corrected chi connectivity index (χ2v) is 6.66. The number of hydrogen-bond acceptors (Lipinski definition) is 2. The van der Waals surface area contributed by atoms with Crippen LogP contribution in [0.5, 0.6) is 5.75 Å². The summed E-state index contributed by atoms with van der Waals surface area (Å²) >= 11 is 0. The summed E-state index contributed by atoms with van der Waals surface area (Å²) in [5.74, 6) is 0.305. The molecule has 3 aromatic rings. The first-order chi connectivity index (χ1) is 11.2. The Bertz CT molecular complexity index is 842. The van der Waals surface area contributed by atoms with Gasteiger partial charge in [0.05, 0.1) is 0 Å². The van der Waals surface area contributed by atoms with E-state index in [9.17, 15) is 5.11 Å². The molecule has 1 aliphatic rings. The number of benzene rings is 3. The number of nitrogens with two attached hydrogens (primary N) is 1. The van der Waals surface area contributed by atoms with Gasteiger partial charge in [-0.2, -0.15) is 0 Å². The highest BCUT2D eigenvalue weighted by Crippen LogP contribution is 2.43. The topological polar surface area (TPSA) is 46.2 Å². The van der Waals surface area contributed by atoms with Gasteiger partial charge in [0.2, 0.25) is 0 Å². The first kappa shape index (κ1) is 14.3. The number of phenols is 1. The maximum absolute atomic E-state index is 9.67. The van der Waals surface area contributed by atoms with Gasteiger partial charge in [-0.05, 0) is 58.5 Å². The number of aromatic hydroxyl groups is 1. The van der Waals surface area contributed by atoms with Gasteiger partial charge >= 0.3 is 0 Å². The van der Waals surface area contributed by atoms with Gasteiger partial charge in [-0.15, -0.1) is 0 Å². The predicted octanol–water partition coefficient (Wildman–Crippen LogP) is 4.59. The molecule has 0 saturated heterocycles. The van der Waals surface area contributed by atoms with E-state index in [2.05, 4.69) is 42.5 Å². The van der Waals surface area contributed by atoms with Crippen LogP contribution in [0, 0.1) is 0 Å². The highest BCUT2D eigenvalue weighted by Gasteiger charge is 2.36. The van der Waals surface area contributed by atoms with Crippen LogP contribution >= 0.6 is 0 Å². The van der Waals surface area contributed by atoms with E-state index in [1.807, 2.05) is 12.1 Å². The molecule has 0 heterocycles. The largest absolute Gasteiger partial charge is 0.508 e. The molecule has 0 radical (unpaired) electrons. The molecular formula is C21H21NO. The van der Waals surface area contributed by atoms with Crippen LogP contribution in [0.15, 0.2) is 60.7 Å². The van der Waals surface area contributed by atoms with Crippen molar-refractivity contribution in [1.29, 1.82) is 0 Å². The van der Waals surface area contributed by atoms with Crippen molar-refractivity contribution in [2.24, 2.45) is 5.73 Å². The smallest absolute Gasteiger partial charge is 0.116 e. The Hall–Kier alpha value is -2.32. The molecule has 1 fully saturated rings. The molecule has 1 aliphatic carbocycles. The van der Waals surface area contributed by atoms with E-state index in [1.165, 1.54) is 36.0 Å². The van der Waals surface area contributed by atoms with Crippen molar-refractivity contribution in [3.8, 4) is 16.9 Å². The fourth-order valence-electron chi connectivity index (χ4n) is 3.64. The van der Waals surface area contributed by atoms with Crippen LogP contribution in [0.25, 0.3) is 21.9 Å². The van der Waals surface area contributed by atoms with Crippen LogP contribution in [0.4, 0.5) is 0 Å². The second kappa shape index (κ2) is 5.39. The van der Waals surface area contributed by atoms with E-state index < -0.39 is 0 Å². The van der Waals surface area contributed by atoms with Crippen molar-refractivity contribution in [3.05, 3.63) is 66.2 Å². The van der Waals surface area contributed by atoms with Crippen LogP contribution in [-0.2, 0) is 5.41 Å². The van der Waals surface area contributed by atoms with Crippen molar-refractivity contribution < 1.29 is 5.11 Å². The van der Waals surface area contributed by atoms with Crippen LogP contribution < -0.4 is 5.73 Å². The fraction of sp³-hybridized carbons (Fsp3) is 0.238. The summed E-state index contributed by atoms with van der Waals surface area (Å²) in [5.41, 5.74) is 9.96. The molecule has 2 nitrogen and oxygen atoms in total. The summed E-state index contributed by atoms with van der Waals surface area (Å²) in [5, 5.41) is 11.9. The second-order valence-electron chi connectivity index (χ2n) is 6.66. The number of fused-ring (bicyclic) bond motifs is 1. The van der Waals surface area contributed by atoms with Crippen LogP contribution in [0.3, 0.4) is 0 Å². The molecule has 0 spiro atoms. The number of phenolic OH excluding ortho intramolecular Hbond substituents is 1. The van der Waals surface area contributed by atoms with E-state index in [0.29, 0.717) is 5.75 Å². The Kier molecular flexibility index (Phi) is 3.35. The van der Waals surface area contributed by atoms with E-state index in [0.717, 1.165) is 17.3 Å². The van der Waals surface area contributed by atoms with Gasteiger partial charge in [0.1, 0.15) is 5.75 Å². The third kappa shape index (κ3) is 2.40. The average molecular weight is 303 g/mol. The monoisotopic (exact) mass is 303 g/mol. The molecule has 0 aromatic heterocycles. The first-order valence-electron chi connectivity index (χ1n) is 8.24. The Morgan fingerprint density at radius 3 is 2.17 bits per heavy atom. The molecule has 0 aliphatic heterocycles. The lowest BCUT2D eigenvalue weighted by molar-refractivity contribution is 0.253. The standard InChI is InChI=1S/C21H21NO/c22-14-21(10-1-11-21)19-7-4-15(5-8-19)17-3-2-16-6-9-20(23)13-18(16)12-17/h2-9,12-13,23H,1,10-11,14,22H2. The Labute approximate surface area is 136 Å². The maximum Gasteiger partial charge on any atom is 0.116 e. The number of rotatable bonds is 3. The van der Waals surface area contributed by atoms with E-state index in [1.54, 1.807) is 6.07 Å². The van der Waals surface area contributed by atoms with Crippen LogP contribution in [-0.4, -0.2) is 11.7 Å². The van der Waals surface area contributed by atoms with Gasteiger partial charge in [0, 0.05) is 12.0 Å². The SMILES string of the molecule is NCC1(c2ccc(-c3ccc4ccc(O)cc4c3)cc2)CCC1. The van der Waals surface area contributed by atoms with Crippen molar-refractivity contribution in [2.45, 2.75) is 24.7 Å². The van der Waals surface area contributed by atoms with Crippen molar-refractivity contribution in [2.75, 3.05) is 6.54 Å². The minimum absolute atomic E-state index is 0.216. The quantitative estimate of drug-likeness (QED) is 0.743. The highest BCUT2D eigenvalue weighted by molar-refractivity contribution is 5.88. The van der Waals surface area contributed by atoms with Crippen molar-refractivity contribution in [1.82, 2.24) is 0 Å². The zero-order valence-corrected chi connectivity index (χ0v) is 13.1. The van der Waals surface area contributed by atoms with Crippen LogP contribution in [0.2, 0.25) is 0 Å². The molecule has 2 heteroatoms. The first-order valence-corrected chi connectivity index (χ1v) is 8.24. The highest BCUT2D eigenvalue weighted by atomic mass is 16.3. The number of hydrogen-bond donors (Lipinski definition) is 2. The third-order valence-electron chi connectivity index (χ3n) is 5.36. The van der Waals surface area contributed by atoms with Gasteiger partial charge in [-0.1, -0.05) is 48.9 Å². The minimum atomic E-state index is 0.216. The Morgan fingerprint density at radius 2 is 1.52 bits per heavy atom. The summed E-state index contributed by atoms with van der Waals surface area (Å²) < 4.78 is 0. The minimum Gasteiger partial charge on any atom is -0.508 e. The maximum atomic E-state index is 9.67. The normalized spacial score (nSPS) is 16.2. The van der Waals surface area contributed by atoms with Gasteiger partial charge in [0.25, 0.3) is 0 Å². The summed E-state index contributed by atoms with van der Waals surface area (Å²) in [6.45, 7) is 0.738. The molecule has 0 bridgehead atoms. The molecule has 3 aromatic carbocycles. The van der Waals surface area contributed by atoms with Crippen molar-refractivity contribution >= 4 is 10.8 Å². The summed E-state index contributed by atoms with van der Waals surface area (Å²) in [4.78, 5) is 0. The van der Waals surface area contributed by atoms with E-state index >= 15 is 0 Å². The lowest BCUT2D eigenvalue weighted by Crippen LogP contribution is -2.41. The lowest BCUT2D eigenvalue weighted by atomic mass is 9.64. The van der Waals surface area contributed by atoms with E-state index in [4.69, 9.17) is 5.73 Å². The van der Waals surface area contributed by atoms with Gasteiger partial charge < -0.3 is 10.8 Å². The van der Waals surface area contributed by atoms with Gasteiger partial charge in [0.15, 0.2) is 0 Å². The Balaban J connectivity index is 1.70. The molecule has 1 saturated carbocycles. The van der Waals surface area contributed by atoms with Gasteiger partial charge in [-0.25, -0.2) is 0 Å².